The van der Waals surface area contributed by atoms with Gasteiger partial charge in [-0.2, -0.15) is 4.31 Å². The van der Waals surface area contributed by atoms with E-state index in [1.54, 1.807) is 56.2 Å². The van der Waals surface area contributed by atoms with E-state index in [4.69, 9.17) is 14.2 Å². The summed E-state index contributed by atoms with van der Waals surface area (Å²) in [4.78, 5) is 9.47. The number of pyridine rings is 1. The molecule has 2 atom stereocenters. The van der Waals surface area contributed by atoms with Gasteiger partial charge < -0.3 is 19.1 Å². The molecule has 10 heteroatoms. The monoisotopic (exact) mass is 568 g/mol. The standard InChI is InChI=1S/C30H40N4O5S/c1-5-34(40(35,36)28-8-6-7-22-18-31-12-11-26(22)28)21-25-17-24(25)20-33-15-13-32(14-16-33)19-23-9-10-27(37-2)30(39-4)29(23)38-3/h6-12,18,24-25H,5,13-17,19-21H2,1-4H3/t24-,25+/m1/s1. The molecule has 2 aromatic carbocycles. The molecule has 1 aliphatic carbocycles. The number of aromatic nitrogens is 1. The Bertz CT molecular complexity index is 1420. The Morgan fingerprint density at radius 2 is 1.68 bits per heavy atom. The quantitative estimate of drug-likeness (QED) is 0.327. The smallest absolute Gasteiger partial charge is 0.243 e. The molecule has 0 radical (unpaired) electrons. The zero-order valence-corrected chi connectivity index (χ0v) is 24.7. The molecule has 1 aliphatic heterocycles. The van der Waals surface area contributed by atoms with Crippen LogP contribution >= 0.6 is 0 Å². The van der Waals surface area contributed by atoms with Gasteiger partial charge in [0.25, 0.3) is 0 Å². The SMILES string of the molecule is CCN(C[C@@H]1C[C@@H]1CN1CCN(Cc2ccc(OC)c(OC)c2OC)CC1)S(=O)(=O)c1cccc2cnccc12. The number of methoxy groups -OCH3 is 3. The highest BCUT2D eigenvalue weighted by Crippen LogP contribution is 2.42. The van der Waals surface area contributed by atoms with Crippen molar-refractivity contribution < 1.29 is 22.6 Å². The predicted molar refractivity (Wildman–Crippen MR) is 156 cm³/mol. The van der Waals surface area contributed by atoms with Crippen LogP contribution in [0.5, 0.6) is 17.2 Å². The van der Waals surface area contributed by atoms with Crippen LogP contribution in [-0.2, 0) is 16.6 Å². The number of fused-ring (bicyclic) bond motifs is 1. The van der Waals surface area contributed by atoms with Gasteiger partial charge in [0.1, 0.15) is 0 Å². The van der Waals surface area contributed by atoms with Crippen molar-refractivity contribution in [2.45, 2.75) is 24.8 Å². The third kappa shape index (κ3) is 5.90. The summed E-state index contributed by atoms with van der Waals surface area (Å²) in [6.45, 7) is 8.72. The number of piperazine rings is 1. The van der Waals surface area contributed by atoms with Crippen molar-refractivity contribution in [3.8, 4) is 17.2 Å². The molecule has 0 N–H and O–H groups in total. The number of rotatable bonds is 12. The van der Waals surface area contributed by atoms with Crippen LogP contribution in [0.25, 0.3) is 10.8 Å². The van der Waals surface area contributed by atoms with Crippen LogP contribution in [0.2, 0.25) is 0 Å². The Balaban J connectivity index is 1.14. The van der Waals surface area contributed by atoms with Gasteiger partial charge in [-0.15, -0.1) is 0 Å². The summed E-state index contributed by atoms with van der Waals surface area (Å²) in [5.74, 6) is 2.96. The minimum absolute atomic E-state index is 0.369. The van der Waals surface area contributed by atoms with Crippen LogP contribution in [0.15, 0.2) is 53.7 Å². The summed E-state index contributed by atoms with van der Waals surface area (Å²) in [7, 11) is 1.34. The molecule has 0 unspecified atom stereocenters. The van der Waals surface area contributed by atoms with Gasteiger partial charge in [0.2, 0.25) is 15.8 Å². The molecular formula is C30H40N4O5S. The fourth-order valence-electron chi connectivity index (χ4n) is 5.86. The van der Waals surface area contributed by atoms with E-state index >= 15 is 0 Å². The van der Waals surface area contributed by atoms with E-state index in [2.05, 4.69) is 14.8 Å². The summed E-state index contributed by atoms with van der Waals surface area (Å²) < 4.78 is 45.5. The van der Waals surface area contributed by atoms with Crippen molar-refractivity contribution in [3.63, 3.8) is 0 Å². The summed E-state index contributed by atoms with van der Waals surface area (Å²) in [5, 5.41) is 1.57. The second kappa shape index (κ2) is 12.3. The van der Waals surface area contributed by atoms with E-state index in [1.807, 2.05) is 25.1 Å². The molecular weight excluding hydrogens is 528 g/mol. The Kier molecular flexibility index (Phi) is 8.80. The van der Waals surface area contributed by atoms with Gasteiger partial charge in [0.05, 0.1) is 26.2 Å². The maximum absolute atomic E-state index is 13.6. The minimum atomic E-state index is -3.58. The molecule has 1 saturated heterocycles. The first-order valence-corrected chi connectivity index (χ1v) is 15.4. The summed E-state index contributed by atoms with van der Waals surface area (Å²) in [6, 6.07) is 11.2. The molecule has 1 aromatic heterocycles. The number of ether oxygens (including phenoxy) is 3. The molecule has 0 amide bonds. The molecule has 2 heterocycles. The van der Waals surface area contributed by atoms with Gasteiger partial charge in [0.15, 0.2) is 11.5 Å². The lowest BCUT2D eigenvalue weighted by atomic mass is 10.1. The Morgan fingerprint density at radius 1 is 0.925 bits per heavy atom. The van der Waals surface area contributed by atoms with Crippen LogP contribution in [0.4, 0.5) is 0 Å². The summed E-state index contributed by atoms with van der Waals surface area (Å²) in [5.41, 5.74) is 1.08. The molecule has 0 spiro atoms. The maximum atomic E-state index is 13.6. The zero-order valence-electron chi connectivity index (χ0n) is 23.9. The Labute approximate surface area is 237 Å². The summed E-state index contributed by atoms with van der Waals surface area (Å²) in [6.07, 6.45) is 4.44. The lowest BCUT2D eigenvalue weighted by molar-refractivity contribution is 0.120. The Hall–Kier alpha value is -2.92. The number of hydrogen-bond acceptors (Lipinski definition) is 8. The van der Waals surface area contributed by atoms with E-state index in [0.29, 0.717) is 41.3 Å². The predicted octanol–water partition coefficient (Wildman–Crippen LogP) is 3.73. The fraction of sp³-hybridized carbons (Fsp3) is 0.500. The average Bonchev–Trinajstić information content (AvgIpc) is 3.72. The molecule has 0 bridgehead atoms. The van der Waals surface area contributed by atoms with Gasteiger partial charge in [-0.05, 0) is 36.5 Å². The first kappa shape index (κ1) is 28.6. The maximum Gasteiger partial charge on any atom is 0.243 e. The number of hydrogen-bond donors (Lipinski definition) is 0. The second-order valence-corrected chi connectivity index (χ2v) is 12.5. The summed E-state index contributed by atoms with van der Waals surface area (Å²) >= 11 is 0. The van der Waals surface area contributed by atoms with Crippen molar-refractivity contribution >= 4 is 20.8 Å². The zero-order chi connectivity index (χ0) is 28.3. The fourth-order valence-corrected chi connectivity index (χ4v) is 7.58. The van der Waals surface area contributed by atoms with Crippen LogP contribution < -0.4 is 14.2 Å². The van der Waals surface area contributed by atoms with E-state index in [1.165, 1.54) is 0 Å². The first-order chi connectivity index (χ1) is 19.4. The van der Waals surface area contributed by atoms with E-state index in [0.717, 1.165) is 67.8 Å². The van der Waals surface area contributed by atoms with Crippen molar-refractivity contribution in [2.75, 3.05) is 67.1 Å². The molecule has 216 valence electrons. The molecule has 9 nitrogen and oxygen atoms in total. The van der Waals surface area contributed by atoms with Crippen LogP contribution in [-0.4, -0.2) is 94.6 Å². The lowest BCUT2D eigenvalue weighted by Gasteiger charge is -2.35. The van der Waals surface area contributed by atoms with Gasteiger partial charge in [-0.3, -0.25) is 9.88 Å². The highest BCUT2D eigenvalue weighted by atomic mass is 32.2. The highest BCUT2D eigenvalue weighted by Gasteiger charge is 2.41. The lowest BCUT2D eigenvalue weighted by Crippen LogP contribution is -2.46. The minimum Gasteiger partial charge on any atom is -0.493 e. The second-order valence-electron chi connectivity index (χ2n) is 10.6. The third-order valence-electron chi connectivity index (χ3n) is 8.26. The third-order valence-corrected chi connectivity index (χ3v) is 10.3. The largest absolute Gasteiger partial charge is 0.493 e. The highest BCUT2D eigenvalue weighted by molar-refractivity contribution is 7.89. The van der Waals surface area contributed by atoms with Gasteiger partial charge in [-0.1, -0.05) is 25.1 Å². The molecule has 40 heavy (non-hydrogen) atoms. The van der Waals surface area contributed by atoms with Crippen LogP contribution in [0, 0.1) is 11.8 Å². The average molecular weight is 569 g/mol. The van der Waals surface area contributed by atoms with Gasteiger partial charge >= 0.3 is 0 Å². The number of sulfonamides is 1. The normalized spacial score (nSPS) is 20.1. The van der Waals surface area contributed by atoms with Crippen LogP contribution in [0.1, 0.15) is 18.9 Å². The molecule has 3 aromatic rings. The van der Waals surface area contributed by atoms with Crippen molar-refractivity contribution in [3.05, 3.63) is 54.4 Å². The van der Waals surface area contributed by atoms with Crippen molar-refractivity contribution in [1.82, 2.24) is 19.1 Å². The molecule has 2 fully saturated rings. The van der Waals surface area contributed by atoms with Crippen LogP contribution in [0.3, 0.4) is 0 Å². The van der Waals surface area contributed by atoms with E-state index in [9.17, 15) is 8.42 Å². The van der Waals surface area contributed by atoms with Gasteiger partial charge in [0, 0.05) is 81.1 Å². The molecule has 5 rings (SSSR count). The molecule has 1 saturated carbocycles. The van der Waals surface area contributed by atoms with Crippen molar-refractivity contribution in [1.29, 1.82) is 0 Å². The van der Waals surface area contributed by atoms with E-state index < -0.39 is 10.0 Å². The number of nitrogens with zero attached hydrogens (tertiary/aromatic N) is 4. The first-order valence-electron chi connectivity index (χ1n) is 13.9. The van der Waals surface area contributed by atoms with Gasteiger partial charge in [-0.25, -0.2) is 8.42 Å². The Morgan fingerprint density at radius 3 is 2.38 bits per heavy atom. The topological polar surface area (TPSA) is 84.4 Å². The number of benzene rings is 2. The van der Waals surface area contributed by atoms with Crippen molar-refractivity contribution in [2.24, 2.45) is 11.8 Å². The van der Waals surface area contributed by atoms with E-state index in [-0.39, 0.29) is 0 Å². The molecule has 2 aliphatic rings.